The third-order valence-corrected chi connectivity index (χ3v) is 4.27. The Balaban J connectivity index is 1.92. The lowest BCUT2D eigenvalue weighted by molar-refractivity contribution is -0.692. The Labute approximate surface area is 133 Å². The van der Waals surface area contributed by atoms with Crippen LogP contribution in [0.4, 0.5) is 0 Å². The summed E-state index contributed by atoms with van der Waals surface area (Å²) in [6.45, 7) is 2.91. The molecular formula is C20H17N2O+. The van der Waals surface area contributed by atoms with Crippen LogP contribution in [0.2, 0.25) is 0 Å². The molecule has 0 saturated carbocycles. The Hall–Kier alpha value is -2.94. The van der Waals surface area contributed by atoms with Crippen LogP contribution < -0.4 is 10.1 Å². The second-order valence-electron chi connectivity index (χ2n) is 5.72. The second-order valence-corrected chi connectivity index (χ2v) is 5.72. The predicted octanol–water partition coefficient (Wildman–Crippen LogP) is 3.66. The van der Waals surface area contributed by atoms with Crippen LogP contribution in [0.5, 0.6) is 0 Å². The summed E-state index contributed by atoms with van der Waals surface area (Å²) < 4.78 is 2.01. The van der Waals surface area contributed by atoms with Gasteiger partial charge in [0.15, 0.2) is 12.4 Å². The van der Waals surface area contributed by atoms with Crippen LogP contribution in [0.1, 0.15) is 6.92 Å². The van der Waals surface area contributed by atoms with E-state index in [1.807, 2.05) is 41.2 Å². The van der Waals surface area contributed by atoms with Gasteiger partial charge in [0.1, 0.15) is 11.9 Å². The summed E-state index contributed by atoms with van der Waals surface area (Å²) >= 11 is 0. The Morgan fingerprint density at radius 1 is 0.957 bits per heavy atom. The molecule has 112 valence electrons. The number of nitrogens with one attached hydrogen (secondary N) is 1. The van der Waals surface area contributed by atoms with E-state index in [1.165, 1.54) is 10.8 Å². The monoisotopic (exact) mass is 301 g/mol. The van der Waals surface area contributed by atoms with Crippen molar-refractivity contribution in [3.63, 3.8) is 0 Å². The van der Waals surface area contributed by atoms with Gasteiger partial charge in [-0.1, -0.05) is 36.4 Å². The molecule has 0 radical (unpaired) electrons. The van der Waals surface area contributed by atoms with Gasteiger partial charge in [-0.3, -0.25) is 4.79 Å². The lowest BCUT2D eigenvalue weighted by Crippen LogP contribution is -2.31. The normalized spacial score (nSPS) is 11.2. The first kappa shape index (κ1) is 13.7. The first-order valence-electron chi connectivity index (χ1n) is 7.80. The van der Waals surface area contributed by atoms with Crippen molar-refractivity contribution in [2.24, 2.45) is 0 Å². The third kappa shape index (κ3) is 2.40. The number of rotatable bonds is 2. The molecule has 0 atom stereocenters. The van der Waals surface area contributed by atoms with Gasteiger partial charge in [0.25, 0.3) is 5.56 Å². The van der Waals surface area contributed by atoms with Crippen LogP contribution in [0, 0.1) is 0 Å². The number of hydrogen-bond acceptors (Lipinski definition) is 1. The molecule has 3 heteroatoms. The maximum atomic E-state index is 12.4. The number of nitrogens with zero attached hydrogens (tertiary/aromatic N) is 1. The van der Waals surface area contributed by atoms with E-state index >= 15 is 0 Å². The Bertz CT molecular complexity index is 1080. The molecule has 2 aromatic carbocycles. The van der Waals surface area contributed by atoms with Gasteiger partial charge in [-0.15, -0.1) is 0 Å². The van der Waals surface area contributed by atoms with Crippen LogP contribution in [-0.2, 0) is 6.54 Å². The molecule has 0 fully saturated rings. The van der Waals surface area contributed by atoms with E-state index in [-0.39, 0.29) is 5.56 Å². The predicted molar refractivity (Wildman–Crippen MR) is 93.4 cm³/mol. The van der Waals surface area contributed by atoms with Gasteiger partial charge in [0, 0.05) is 17.1 Å². The maximum Gasteiger partial charge on any atom is 0.262 e. The van der Waals surface area contributed by atoms with Crippen molar-refractivity contribution in [2.45, 2.75) is 13.5 Å². The Kier molecular flexibility index (Phi) is 3.19. The van der Waals surface area contributed by atoms with Crippen molar-refractivity contribution in [1.29, 1.82) is 0 Å². The van der Waals surface area contributed by atoms with Gasteiger partial charge in [-0.2, -0.15) is 0 Å². The van der Waals surface area contributed by atoms with Crippen molar-refractivity contribution < 1.29 is 4.57 Å². The van der Waals surface area contributed by atoms with Crippen molar-refractivity contribution >= 4 is 21.5 Å². The van der Waals surface area contributed by atoms with Crippen LogP contribution >= 0.6 is 0 Å². The molecular weight excluding hydrogens is 284 g/mol. The van der Waals surface area contributed by atoms with Crippen LogP contribution in [0.25, 0.3) is 32.8 Å². The van der Waals surface area contributed by atoms with E-state index in [0.29, 0.717) is 0 Å². The quantitative estimate of drug-likeness (QED) is 0.564. The summed E-state index contributed by atoms with van der Waals surface area (Å²) in [4.78, 5) is 15.4. The molecule has 0 bridgehead atoms. The standard InChI is InChI=1S/C20H16N2O/c1-2-22-10-9-16-12-19(21-20(23)18(16)13-22)17-8-7-14-5-3-4-6-15(14)11-17/h3-13H,2H2,1H3/p+1. The molecule has 2 heterocycles. The first-order valence-corrected chi connectivity index (χ1v) is 7.80. The fraction of sp³-hybridized carbons (Fsp3) is 0.100. The van der Waals surface area contributed by atoms with Crippen molar-refractivity contribution in [3.05, 3.63) is 77.3 Å². The molecule has 4 aromatic rings. The van der Waals surface area contributed by atoms with Gasteiger partial charge < -0.3 is 4.98 Å². The zero-order valence-electron chi connectivity index (χ0n) is 12.9. The summed E-state index contributed by atoms with van der Waals surface area (Å²) in [5.74, 6) is 0. The molecule has 3 nitrogen and oxygen atoms in total. The topological polar surface area (TPSA) is 36.7 Å². The smallest absolute Gasteiger partial charge is 0.262 e. The molecule has 23 heavy (non-hydrogen) atoms. The lowest BCUT2D eigenvalue weighted by Gasteiger charge is -2.05. The molecule has 2 aromatic heterocycles. The SMILES string of the molecule is CC[n+]1ccc2cc(-c3ccc4ccccc4c3)[nH]c(=O)c2c1. The van der Waals surface area contributed by atoms with Crippen molar-refractivity contribution in [2.75, 3.05) is 0 Å². The number of aryl methyl sites for hydroxylation is 1. The zero-order chi connectivity index (χ0) is 15.8. The highest BCUT2D eigenvalue weighted by Crippen LogP contribution is 2.24. The molecule has 0 amide bonds. The third-order valence-electron chi connectivity index (χ3n) is 4.27. The van der Waals surface area contributed by atoms with Crippen molar-refractivity contribution in [1.82, 2.24) is 4.98 Å². The molecule has 0 saturated heterocycles. The van der Waals surface area contributed by atoms with Crippen LogP contribution in [0.3, 0.4) is 0 Å². The highest BCUT2D eigenvalue weighted by molar-refractivity contribution is 5.89. The number of H-pyrrole nitrogens is 1. The van der Waals surface area contributed by atoms with Crippen LogP contribution in [-0.4, -0.2) is 4.98 Å². The fourth-order valence-corrected chi connectivity index (χ4v) is 2.96. The molecule has 4 rings (SSSR count). The Morgan fingerprint density at radius 2 is 1.78 bits per heavy atom. The largest absolute Gasteiger partial charge is 0.321 e. The van der Waals surface area contributed by atoms with Crippen molar-refractivity contribution in [3.8, 4) is 11.3 Å². The average Bonchev–Trinajstić information content (AvgIpc) is 2.61. The summed E-state index contributed by atoms with van der Waals surface area (Å²) in [5.41, 5.74) is 1.82. The number of benzene rings is 2. The molecule has 1 N–H and O–H groups in total. The van der Waals surface area contributed by atoms with Gasteiger partial charge in [0.2, 0.25) is 0 Å². The number of pyridine rings is 2. The van der Waals surface area contributed by atoms with E-state index in [4.69, 9.17) is 0 Å². The number of hydrogen-bond donors (Lipinski definition) is 1. The van der Waals surface area contributed by atoms with Gasteiger partial charge in [-0.25, -0.2) is 4.57 Å². The summed E-state index contributed by atoms with van der Waals surface area (Å²) in [5, 5.41) is 4.05. The highest BCUT2D eigenvalue weighted by atomic mass is 16.1. The lowest BCUT2D eigenvalue weighted by atomic mass is 10.0. The zero-order valence-corrected chi connectivity index (χ0v) is 12.9. The molecule has 0 unspecified atom stereocenters. The minimum Gasteiger partial charge on any atom is -0.321 e. The summed E-state index contributed by atoms with van der Waals surface area (Å²) in [7, 11) is 0. The number of aromatic amines is 1. The van der Waals surface area contributed by atoms with Crippen LogP contribution in [0.15, 0.2) is 71.8 Å². The van der Waals surface area contributed by atoms with Gasteiger partial charge in [0.05, 0.1) is 0 Å². The molecule has 0 aliphatic carbocycles. The number of fused-ring (bicyclic) bond motifs is 2. The first-order chi connectivity index (χ1) is 11.2. The minimum absolute atomic E-state index is 0.0477. The summed E-state index contributed by atoms with van der Waals surface area (Å²) in [6.07, 6.45) is 3.91. The van der Waals surface area contributed by atoms with E-state index in [0.717, 1.165) is 28.6 Å². The maximum absolute atomic E-state index is 12.4. The van der Waals surface area contributed by atoms with E-state index in [9.17, 15) is 4.79 Å². The van der Waals surface area contributed by atoms with E-state index < -0.39 is 0 Å². The second kappa shape index (κ2) is 5.36. The van der Waals surface area contributed by atoms with E-state index in [1.54, 1.807) is 0 Å². The Morgan fingerprint density at radius 3 is 2.61 bits per heavy atom. The van der Waals surface area contributed by atoms with E-state index in [2.05, 4.69) is 42.2 Å². The minimum atomic E-state index is -0.0477. The molecule has 0 spiro atoms. The fourth-order valence-electron chi connectivity index (χ4n) is 2.96. The van der Waals surface area contributed by atoms with Gasteiger partial charge >= 0.3 is 0 Å². The van der Waals surface area contributed by atoms with Gasteiger partial charge in [-0.05, 0) is 35.4 Å². The molecule has 0 aliphatic rings. The number of aromatic nitrogens is 2. The summed E-state index contributed by atoms with van der Waals surface area (Å²) in [6, 6.07) is 18.5. The highest BCUT2D eigenvalue weighted by Gasteiger charge is 2.08. The average molecular weight is 301 g/mol. The molecule has 0 aliphatic heterocycles.